The molecule has 4 unspecified atom stereocenters. The van der Waals surface area contributed by atoms with Gasteiger partial charge in [-0.2, -0.15) is 0 Å². The van der Waals surface area contributed by atoms with Crippen molar-refractivity contribution in [1.82, 2.24) is 0 Å². The fourth-order valence-electron chi connectivity index (χ4n) is 4.78. The number of esters is 2. The number of unbranched alkanes of at least 4 members (excludes halogenated alkanes) is 5. The third kappa shape index (κ3) is 20.6. The number of ketones is 2. The summed E-state index contributed by atoms with van der Waals surface area (Å²) in [7, 11) is 1.41. The molecule has 0 radical (unpaired) electrons. The maximum Gasteiger partial charge on any atom is 0.309 e. The molecule has 0 amide bonds. The topological polar surface area (TPSA) is 158 Å². The number of carbonyl (C=O) groups excluding carboxylic acids is 4. The Balaban J connectivity index is 2.54. The van der Waals surface area contributed by atoms with Gasteiger partial charge in [-0.05, 0) is 51.7 Å². The van der Waals surface area contributed by atoms with Crippen LogP contribution in [0.25, 0.3) is 0 Å². The molecule has 0 N–H and O–H groups in total. The lowest BCUT2D eigenvalue weighted by molar-refractivity contribution is -0.384. The Morgan fingerprint density at radius 2 is 1.52 bits per heavy atom. The van der Waals surface area contributed by atoms with Gasteiger partial charge < -0.3 is 23.7 Å². The minimum atomic E-state index is -0.781. The molecule has 0 aliphatic carbocycles. The summed E-state index contributed by atoms with van der Waals surface area (Å²) in [6, 6.07) is 5.52. The van der Waals surface area contributed by atoms with Crippen LogP contribution in [0.1, 0.15) is 111 Å². The SMILES string of the molecule is CCCCCCC=CCC(CC(C)=O)OCC(=O)CC(CCCC)OC(=O)CC(C)OC(=O)CC(COc1ccc([N+](=O)[O-])cc1)OC. The number of allylic oxidation sites excluding steroid dienone is 1. The van der Waals surface area contributed by atoms with Crippen LogP contribution in [0, 0.1) is 10.1 Å². The molecule has 270 valence electrons. The summed E-state index contributed by atoms with van der Waals surface area (Å²) in [4.78, 5) is 60.1. The predicted octanol–water partition coefficient (Wildman–Crippen LogP) is 7.04. The first kappa shape index (κ1) is 42.4. The van der Waals surface area contributed by atoms with Crippen molar-refractivity contribution >= 4 is 29.2 Å². The van der Waals surface area contributed by atoms with Crippen LogP contribution in [0.3, 0.4) is 0 Å². The molecule has 4 atom stereocenters. The lowest BCUT2D eigenvalue weighted by atomic mass is 10.1. The summed E-state index contributed by atoms with van der Waals surface area (Å²) in [6.07, 6.45) is 9.87. The van der Waals surface area contributed by atoms with Crippen molar-refractivity contribution < 1.29 is 47.8 Å². The Morgan fingerprint density at radius 3 is 2.15 bits per heavy atom. The lowest BCUT2D eigenvalue weighted by Crippen LogP contribution is -2.29. The van der Waals surface area contributed by atoms with Crippen molar-refractivity contribution in [2.75, 3.05) is 20.3 Å². The molecular weight excluding hydrogens is 622 g/mol. The van der Waals surface area contributed by atoms with E-state index in [0.29, 0.717) is 18.6 Å². The number of hydrogen-bond donors (Lipinski definition) is 0. The second-order valence-electron chi connectivity index (χ2n) is 12.0. The average Bonchev–Trinajstić information content (AvgIpc) is 3.03. The van der Waals surface area contributed by atoms with Gasteiger partial charge in [-0.3, -0.25) is 29.3 Å². The molecule has 0 aromatic heterocycles. The maximum absolute atomic E-state index is 12.8. The zero-order valence-corrected chi connectivity index (χ0v) is 29.3. The second kappa shape index (κ2) is 25.4. The minimum absolute atomic E-state index is 0.00199. The van der Waals surface area contributed by atoms with Gasteiger partial charge in [0.15, 0.2) is 5.78 Å². The predicted molar refractivity (Wildman–Crippen MR) is 181 cm³/mol. The van der Waals surface area contributed by atoms with E-state index in [-0.39, 0.29) is 56.2 Å². The molecule has 1 aromatic carbocycles. The molecule has 1 aromatic rings. The van der Waals surface area contributed by atoms with Gasteiger partial charge in [0.05, 0.1) is 23.9 Å². The van der Waals surface area contributed by atoms with Gasteiger partial charge in [-0.1, -0.05) is 58.1 Å². The number of nitro benzene ring substituents is 1. The number of non-ortho nitro benzene ring substituents is 1. The molecule has 12 heteroatoms. The molecule has 0 heterocycles. The first-order chi connectivity index (χ1) is 23.0. The number of nitro groups is 1. The summed E-state index contributed by atoms with van der Waals surface area (Å²) in [5.41, 5.74) is -0.0690. The Morgan fingerprint density at radius 1 is 0.833 bits per heavy atom. The zero-order chi connectivity index (χ0) is 35.7. The highest BCUT2D eigenvalue weighted by Gasteiger charge is 2.23. The monoisotopic (exact) mass is 677 g/mol. The maximum atomic E-state index is 12.8. The number of Topliss-reactive ketones (excluding diaryl/α,β-unsaturated/α-hetero) is 2. The van der Waals surface area contributed by atoms with Gasteiger partial charge in [0.25, 0.3) is 5.69 Å². The molecule has 0 saturated carbocycles. The standard InChI is InChI=1S/C36H55NO11/c1-6-8-10-11-12-13-14-16-32(21-27(3)38)45-25-30(39)23-33(15-9-7-2)48-35(40)22-28(4)47-36(41)24-34(44-5)26-46-31-19-17-29(18-20-31)37(42)43/h13-14,17-20,28,32-34H,6-12,15-16,21-26H2,1-5H3. The third-order valence-electron chi connectivity index (χ3n) is 7.42. The van der Waals surface area contributed by atoms with E-state index in [2.05, 4.69) is 13.0 Å². The van der Waals surface area contributed by atoms with Crippen molar-refractivity contribution in [1.29, 1.82) is 0 Å². The van der Waals surface area contributed by atoms with Crippen LogP contribution in [0.15, 0.2) is 36.4 Å². The van der Waals surface area contributed by atoms with E-state index in [4.69, 9.17) is 23.7 Å². The van der Waals surface area contributed by atoms with Gasteiger partial charge in [-0.25, -0.2) is 0 Å². The van der Waals surface area contributed by atoms with Crippen LogP contribution in [0.4, 0.5) is 5.69 Å². The highest BCUT2D eigenvalue weighted by Crippen LogP contribution is 2.19. The lowest BCUT2D eigenvalue weighted by Gasteiger charge is -2.20. The Labute approximate surface area is 285 Å². The quantitative estimate of drug-likeness (QED) is 0.0294. The molecule has 1 rings (SSSR count). The Kier molecular flexibility index (Phi) is 22.4. The number of carbonyl (C=O) groups is 4. The summed E-state index contributed by atoms with van der Waals surface area (Å²) in [5, 5.41) is 10.8. The first-order valence-electron chi connectivity index (χ1n) is 17.0. The fraction of sp³-hybridized carbons (Fsp3) is 0.667. The normalized spacial score (nSPS) is 13.8. The summed E-state index contributed by atoms with van der Waals surface area (Å²) >= 11 is 0. The molecule has 48 heavy (non-hydrogen) atoms. The van der Waals surface area contributed by atoms with E-state index in [1.54, 1.807) is 6.92 Å². The molecule has 0 aliphatic rings. The van der Waals surface area contributed by atoms with Crippen LogP contribution >= 0.6 is 0 Å². The zero-order valence-electron chi connectivity index (χ0n) is 29.3. The largest absolute Gasteiger partial charge is 0.491 e. The van der Waals surface area contributed by atoms with Crippen LogP contribution in [-0.4, -0.2) is 73.2 Å². The molecule has 0 saturated heterocycles. The highest BCUT2D eigenvalue weighted by molar-refractivity contribution is 5.81. The molecule has 12 nitrogen and oxygen atoms in total. The van der Waals surface area contributed by atoms with E-state index in [1.165, 1.54) is 57.6 Å². The van der Waals surface area contributed by atoms with Crippen LogP contribution < -0.4 is 4.74 Å². The van der Waals surface area contributed by atoms with Crippen LogP contribution in [0.2, 0.25) is 0 Å². The summed E-state index contributed by atoms with van der Waals surface area (Å²) in [5.74, 6) is -1.04. The number of ether oxygens (including phenoxy) is 5. The van der Waals surface area contributed by atoms with Gasteiger partial charge in [0, 0.05) is 32.1 Å². The summed E-state index contributed by atoms with van der Waals surface area (Å²) in [6.45, 7) is 7.07. The number of hydrogen-bond acceptors (Lipinski definition) is 11. The van der Waals surface area contributed by atoms with Crippen LogP contribution in [-0.2, 0) is 38.1 Å². The van der Waals surface area contributed by atoms with E-state index >= 15 is 0 Å². The fourth-order valence-corrected chi connectivity index (χ4v) is 4.78. The van der Waals surface area contributed by atoms with Gasteiger partial charge >= 0.3 is 11.9 Å². The Bertz CT molecular complexity index is 1140. The molecule has 0 fully saturated rings. The van der Waals surface area contributed by atoms with Gasteiger partial charge in [0.2, 0.25) is 0 Å². The van der Waals surface area contributed by atoms with Crippen molar-refractivity contribution in [2.45, 2.75) is 136 Å². The van der Waals surface area contributed by atoms with Gasteiger partial charge in [0.1, 0.15) is 43.1 Å². The van der Waals surface area contributed by atoms with E-state index in [9.17, 15) is 29.3 Å². The molecule has 0 bridgehead atoms. The second-order valence-corrected chi connectivity index (χ2v) is 12.0. The summed E-state index contributed by atoms with van der Waals surface area (Å²) < 4.78 is 27.7. The number of rotatable bonds is 28. The molecule has 0 aliphatic heterocycles. The molecule has 0 spiro atoms. The minimum Gasteiger partial charge on any atom is -0.491 e. The highest BCUT2D eigenvalue weighted by atomic mass is 16.6. The number of methoxy groups -OCH3 is 1. The first-order valence-corrected chi connectivity index (χ1v) is 17.0. The smallest absolute Gasteiger partial charge is 0.309 e. The van der Waals surface area contributed by atoms with Gasteiger partial charge in [-0.15, -0.1) is 0 Å². The van der Waals surface area contributed by atoms with E-state index in [0.717, 1.165) is 25.7 Å². The third-order valence-corrected chi connectivity index (χ3v) is 7.42. The van der Waals surface area contributed by atoms with Crippen molar-refractivity contribution in [3.8, 4) is 5.75 Å². The van der Waals surface area contributed by atoms with Crippen molar-refractivity contribution in [2.24, 2.45) is 0 Å². The Hall–Kier alpha value is -3.64. The van der Waals surface area contributed by atoms with E-state index < -0.39 is 41.3 Å². The number of benzene rings is 1. The molecular formula is C36H55NO11. The van der Waals surface area contributed by atoms with Crippen LogP contribution in [0.5, 0.6) is 5.75 Å². The van der Waals surface area contributed by atoms with Crippen molar-refractivity contribution in [3.05, 3.63) is 46.5 Å². The average molecular weight is 678 g/mol. The van der Waals surface area contributed by atoms with Crippen molar-refractivity contribution in [3.63, 3.8) is 0 Å². The number of nitrogens with zero attached hydrogens (tertiary/aromatic N) is 1. The van der Waals surface area contributed by atoms with E-state index in [1.807, 2.05) is 13.0 Å².